The molecule has 2 aliphatic carbocycles. The summed E-state index contributed by atoms with van der Waals surface area (Å²) >= 11 is 0. The molecule has 0 aromatic heterocycles. The van der Waals surface area contributed by atoms with Crippen LogP contribution in [0.5, 0.6) is 0 Å². The van der Waals surface area contributed by atoms with Crippen molar-refractivity contribution in [3.63, 3.8) is 0 Å². The Labute approximate surface area is 122 Å². The van der Waals surface area contributed by atoms with Crippen molar-refractivity contribution in [2.45, 2.75) is 75.3 Å². The molecule has 4 rings (SSSR count). The van der Waals surface area contributed by atoms with Gasteiger partial charge in [-0.05, 0) is 45.1 Å². The highest BCUT2D eigenvalue weighted by molar-refractivity contribution is 4.92. The van der Waals surface area contributed by atoms with E-state index in [0.29, 0.717) is 12.1 Å². The van der Waals surface area contributed by atoms with Crippen LogP contribution in [0.2, 0.25) is 0 Å². The minimum atomic E-state index is -0.189. The molecule has 4 fully saturated rings. The molecular formula is C16H28N2O2. The average Bonchev–Trinajstić information content (AvgIpc) is 2.88. The summed E-state index contributed by atoms with van der Waals surface area (Å²) in [4.78, 5) is 2.67. The number of hydrogen-bond acceptors (Lipinski definition) is 4. The summed E-state index contributed by atoms with van der Waals surface area (Å²) in [5.74, 6) is -0.189. The van der Waals surface area contributed by atoms with Crippen LogP contribution in [0.4, 0.5) is 0 Å². The van der Waals surface area contributed by atoms with Gasteiger partial charge in [-0.1, -0.05) is 0 Å². The van der Waals surface area contributed by atoms with Crippen molar-refractivity contribution in [2.24, 2.45) is 0 Å². The quantitative estimate of drug-likeness (QED) is 0.834. The molecule has 1 N–H and O–H groups in total. The van der Waals surface area contributed by atoms with Gasteiger partial charge in [0.2, 0.25) is 0 Å². The first-order valence-electron chi connectivity index (χ1n) is 8.62. The minimum Gasteiger partial charge on any atom is -0.347 e. The van der Waals surface area contributed by atoms with E-state index in [9.17, 15) is 0 Å². The zero-order chi connectivity index (χ0) is 13.4. The Balaban J connectivity index is 1.31. The van der Waals surface area contributed by atoms with Gasteiger partial charge in [-0.3, -0.25) is 4.90 Å². The molecule has 2 heterocycles. The SMILES string of the molecule is C1CNC(CN(CC2COC3(CCCC3)O2)C2CC2)C1. The maximum atomic E-state index is 6.30. The van der Waals surface area contributed by atoms with Crippen LogP contribution in [-0.4, -0.2) is 55.1 Å². The highest BCUT2D eigenvalue weighted by atomic mass is 16.7. The fraction of sp³-hybridized carbons (Fsp3) is 1.00. The summed E-state index contributed by atoms with van der Waals surface area (Å²) < 4.78 is 12.3. The van der Waals surface area contributed by atoms with Crippen LogP contribution in [0, 0.1) is 0 Å². The number of nitrogens with one attached hydrogen (secondary N) is 1. The maximum absolute atomic E-state index is 6.30. The van der Waals surface area contributed by atoms with Crippen molar-refractivity contribution in [1.82, 2.24) is 10.2 Å². The molecule has 2 aliphatic heterocycles. The first-order valence-corrected chi connectivity index (χ1v) is 8.62. The zero-order valence-corrected chi connectivity index (χ0v) is 12.5. The summed E-state index contributed by atoms with van der Waals surface area (Å²) in [6.07, 6.45) is 10.5. The molecular weight excluding hydrogens is 252 g/mol. The number of rotatable bonds is 5. The third-order valence-electron chi connectivity index (χ3n) is 5.40. The van der Waals surface area contributed by atoms with Crippen molar-refractivity contribution in [1.29, 1.82) is 0 Å². The first-order chi connectivity index (χ1) is 9.83. The molecule has 0 amide bonds. The van der Waals surface area contributed by atoms with Crippen LogP contribution >= 0.6 is 0 Å². The van der Waals surface area contributed by atoms with E-state index in [-0.39, 0.29) is 5.79 Å². The number of ether oxygens (including phenoxy) is 2. The Morgan fingerprint density at radius 3 is 2.60 bits per heavy atom. The normalized spacial score (nSPS) is 36.5. The van der Waals surface area contributed by atoms with Crippen molar-refractivity contribution < 1.29 is 9.47 Å². The molecule has 114 valence electrons. The van der Waals surface area contributed by atoms with E-state index in [4.69, 9.17) is 9.47 Å². The lowest BCUT2D eigenvalue weighted by molar-refractivity contribution is -0.163. The van der Waals surface area contributed by atoms with E-state index in [1.165, 1.54) is 51.6 Å². The Hall–Kier alpha value is -0.160. The van der Waals surface area contributed by atoms with Crippen LogP contribution < -0.4 is 5.32 Å². The fourth-order valence-electron chi connectivity index (χ4n) is 4.15. The maximum Gasteiger partial charge on any atom is 0.168 e. The van der Waals surface area contributed by atoms with E-state index < -0.39 is 0 Å². The molecule has 1 spiro atoms. The second-order valence-electron chi connectivity index (χ2n) is 7.15. The van der Waals surface area contributed by atoms with Crippen LogP contribution in [0.15, 0.2) is 0 Å². The van der Waals surface area contributed by atoms with Crippen LogP contribution in [0.3, 0.4) is 0 Å². The van der Waals surface area contributed by atoms with Gasteiger partial charge >= 0.3 is 0 Å². The fourth-order valence-corrected chi connectivity index (χ4v) is 4.15. The van der Waals surface area contributed by atoms with E-state index in [1.54, 1.807) is 0 Å². The Kier molecular flexibility index (Phi) is 3.75. The molecule has 2 atom stereocenters. The Bertz CT molecular complexity index is 333. The highest BCUT2D eigenvalue weighted by Gasteiger charge is 2.45. The van der Waals surface area contributed by atoms with Crippen molar-refractivity contribution >= 4 is 0 Å². The van der Waals surface area contributed by atoms with Gasteiger partial charge in [-0.25, -0.2) is 0 Å². The lowest BCUT2D eigenvalue weighted by Gasteiger charge is -2.28. The summed E-state index contributed by atoms with van der Waals surface area (Å²) in [6, 6.07) is 1.53. The first kappa shape index (κ1) is 13.5. The topological polar surface area (TPSA) is 33.7 Å². The van der Waals surface area contributed by atoms with Crippen LogP contribution in [0.25, 0.3) is 0 Å². The largest absolute Gasteiger partial charge is 0.347 e. The molecule has 0 aromatic rings. The van der Waals surface area contributed by atoms with Crippen molar-refractivity contribution in [3.05, 3.63) is 0 Å². The predicted molar refractivity (Wildman–Crippen MR) is 77.6 cm³/mol. The zero-order valence-electron chi connectivity index (χ0n) is 12.5. The van der Waals surface area contributed by atoms with Crippen molar-refractivity contribution in [3.8, 4) is 0 Å². The molecule has 2 saturated heterocycles. The lowest BCUT2D eigenvalue weighted by Crippen LogP contribution is -2.43. The van der Waals surface area contributed by atoms with Crippen molar-refractivity contribution in [2.75, 3.05) is 26.2 Å². The third-order valence-corrected chi connectivity index (χ3v) is 5.40. The molecule has 20 heavy (non-hydrogen) atoms. The molecule has 4 nitrogen and oxygen atoms in total. The minimum absolute atomic E-state index is 0.189. The summed E-state index contributed by atoms with van der Waals surface area (Å²) in [5.41, 5.74) is 0. The van der Waals surface area contributed by atoms with Gasteiger partial charge in [0.1, 0.15) is 0 Å². The van der Waals surface area contributed by atoms with Gasteiger partial charge < -0.3 is 14.8 Å². The molecule has 4 heteroatoms. The van der Waals surface area contributed by atoms with Crippen LogP contribution in [-0.2, 0) is 9.47 Å². The van der Waals surface area contributed by atoms with Gasteiger partial charge in [0.05, 0.1) is 12.7 Å². The third kappa shape index (κ3) is 2.89. The Morgan fingerprint density at radius 2 is 1.90 bits per heavy atom. The molecule has 0 radical (unpaired) electrons. The molecule has 0 bridgehead atoms. The van der Waals surface area contributed by atoms with E-state index in [0.717, 1.165) is 32.0 Å². The average molecular weight is 280 g/mol. The van der Waals surface area contributed by atoms with Gasteiger partial charge in [-0.15, -0.1) is 0 Å². The van der Waals surface area contributed by atoms with Gasteiger partial charge in [-0.2, -0.15) is 0 Å². The molecule has 2 saturated carbocycles. The number of hydrogen-bond donors (Lipinski definition) is 1. The summed E-state index contributed by atoms with van der Waals surface area (Å²) in [6.45, 7) is 4.29. The van der Waals surface area contributed by atoms with Gasteiger partial charge in [0.15, 0.2) is 5.79 Å². The smallest absolute Gasteiger partial charge is 0.168 e. The van der Waals surface area contributed by atoms with E-state index >= 15 is 0 Å². The molecule has 4 aliphatic rings. The summed E-state index contributed by atoms with van der Waals surface area (Å²) in [7, 11) is 0. The highest BCUT2D eigenvalue weighted by Crippen LogP contribution is 2.40. The second-order valence-corrected chi connectivity index (χ2v) is 7.15. The van der Waals surface area contributed by atoms with Gasteiger partial charge in [0, 0.05) is 38.0 Å². The predicted octanol–water partition coefficient (Wildman–Crippen LogP) is 1.89. The number of nitrogens with zero attached hydrogens (tertiary/aromatic N) is 1. The van der Waals surface area contributed by atoms with E-state index in [1.807, 2.05) is 0 Å². The second kappa shape index (κ2) is 5.56. The monoisotopic (exact) mass is 280 g/mol. The molecule has 2 unspecified atom stereocenters. The Morgan fingerprint density at radius 1 is 1.05 bits per heavy atom. The van der Waals surface area contributed by atoms with Crippen LogP contribution in [0.1, 0.15) is 51.4 Å². The van der Waals surface area contributed by atoms with E-state index in [2.05, 4.69) is 10.2 Å². The molecule has 0 aromatic carbocycles. The lowest BCUT2D eigenvalue weighted by atomic mass is 10.2. The summed E-state index contributed by atoms with van der Waals surface area (Å²) in [5, 5.41) is 3.63. The standard InChI is InChI=1S/C16H28N2O2/c1-2-8-16(7-1)19-12-15(20-16)11-18(14-5-6-14)10-13-4-3-9-17-13/h13-15,17H,1-12H2. The van der Waals surface area contributed by atoms with Gasteiger partial charge in [0.25, 0.3) is 0 Å².